The molecule has 2 aromatic rings. The zero-order chi connectivity index (χ0) is 14.4. The Bertz CT molecular complexity index is 560. The number of carbonyl (C=O) groups excluding carboxylic acids is 1. The van der Waals surface area contributed by atoms with Crippen molar-refractivity contribution < 1.29 is 13.9 Å². The molecule has 1 aromatic carbocycles. The number of hydrogen-bond acceptors (Lipinski definition) is 4. The van der Waals surface area contributed by atoms with E-state index in [4.69, 9.17) is 9.15 Å². The summed E-state index contributed by atoms with van der Waals surface area (Å²) in [6.07, 6.45) is 1.84. The summed E-state index contributed by atoms with van der Waals surface area (Å²) in [7, 11) is 0. The third-order valence-electron chi connectivity index (χ3n) is 2.86. The van der Waals surface area contributed by atoms with Gasteiger partial charge in [0.25, 0.3) is 0 Å². The fourth-order valence-corrected chi connectivity index (χ4v) is 2.01. The molecule has 0 radical (unpaired) electrons. The van der Waals surface area contributed by atoms with Gasteiger partial charge in [-0.1, -0.05) is 37.3 Å². The van der Waals surface area contributed by atoms with Crippen LogP contribution in [0.1, 0.15) is 31.9 Å². The summed E-state index contributed by atoms with van der Waals surface area (Å²) in [6.45, 7) is 4.23. The Hall–Kier alpha value is -2.10. The number of esters is 1. The smallest absolute Gasteiger partial charge is 0.313 e. The Morgan fingerprint density at radius 1 is 1.25 bits per heavy atom. The van der Waals surface area contributed by atoms with Crippen LogP contribution in [0.3, 0.4) is 0 Å². The van der Waals surface area contributed by atoms with Crippen LogP contribution in [0.25, 0.3) is 11.3 Å². The van der Waals surface area contributed by atoms with Gasteiger partial charge < -0.3 is 9.15 Å². The molecule has 0 atom stereocenters. The van der Waals surface area contributed by atoms with Crippen molar-refractivity contribution in [2.45, 2.75) is 33.1 Å². The Labute approximate surface area is 118 Å². The fraction of sp³-hybridized carbons (Fsp3) is 0.375. The maximum Gasteiger partial charge on any atom is 0.313 e. The van der Waals surface area contributed by atoms with Gasteiger partial charge in [-0.15, -0.1) is 0 Å². The topological polar surface area (TPSA) is 52.3 Å². The van der Waals surface area contributed by atoms with Gasteiger partial charge in [-0.05, 0) is 13.3 Å². The standard InChI is InChI=1S/C16H19NO3/c1-3-8-14-17-16(12-9-6-5-7-10-12)13(20-14)11-15(18)19-4-2/h5-7,9-10H,3-4,8,11H2,1-2H3. The highest BCUT2D eigenvalue weighted by Crippen LogP contribution is 2.25. The average molecular weight is 273 g/mol. The van der Waals surface area contributed by atoms with Crippen LogP contribution in [-0.2, 0) is 22.4 Å². The number of aryl methyl sites for hydroxylation is 1. The number of oxazole rings is 1. The minimum atomic E-state index is -0.288. The van der Waals surface area contributed by atoms with Gasteiger partial charge in [-0.25, -0.2) is 4.98 Å². The van der Waals surface area contributed by atoms with Crippen LogP contribution in [0.15, 0.2) is 34.7 Å². The zero-order valence-corrected chi connectivity index (χ0v) is 11.9. The van der Waals surface area contributed by atoms with Gasteiger partial charge in [-0.3, -0.25) is 4.79 Å². The largest absolute Gasteiger partial charge is 0.466 e. The summed E-state index contributed by atoms with van der Waals surface area (Å²) in [5.74, 6) is 0.965. The first-order chi connectivity index (χ1) is 9.74. The van der Waals surface area contributed by atoms with Crippen LogP contribution in [0.4, 0.5) is 0 Å². The number of aromatic nitrogens is 1. The highest BCUT2D eigenvalue weighted by molar-refractivity contribution is 5.75. The molecule has 0 spiro atoms. The molecule has 1 aromatic heterocycles. The van der Waals surface area contributed by atoms with Crippen LogP contribution in [-0.4, -0.2) is 17.6 Å². The quantitative estimate of drug-likeness (QED) is 0.757. The van der Waals surface area contributed by atoms with Gasteiger partial charge >= 0.3 is 5.97 Å². The van der Waals surface area contributed by atoms with E-state index in [9.17, 15) is 4.79 Å². The molecule has 106 valence electrons. The van der Waals surface area contributed by atoms with Crippen LogP contribution < -0.4 is 0 Å². The van der Waals surface area contributed by atoms with Gasteiger partial charge in [0.1, 0.15) is 17.9 Å². The van der Waals surface area contributed by atoms with Gasteiger partial charge in [0, 0.05) is 12.0 Å². The summed E-state index contributed by atoms with van der Waals surface area (Å²) >= 11 is 0. The minimum Gasteiger partial charge on any atom is -0.466 e. The van der Waals surface area contributed by atoms with Crippen molar-refractivity contribution in [1.82, 2.24) is 4.98 Å². The van der Waals surface area contributed by atoms with E-state index in [1.807, 2.05) is 30.3 Å². The van der Waals surface area contributed by atoms with E-state index in [2.05, 4.69) is 11.9 Å². The van der Waals surface area contributed by atoms with Crippen LogP contribution in [0.5, 0.6) is 0 Å². The van der Waals surface area contributed by atoms with Gasteiger partial charge in [0.05, 0.1) is 6.61 Å². The number of nitrogens with zero attached hydrogens (tertiary/aromatic N) is 1. The van der Waals surface area contributed by atoms with Crippen LogP contribution >= 0.6 is 0 Å². The second-order valence-corrected chi connectivity index (χ2v) is 4.48. The first kappa shape index (κ1) is 14.3. The molecule has 0 bridgehead atoms. The van der Waals surface area contributed by atoms with Crippen molar-refractivity contribution in [3.8, 4) is 11.3 Å². The molecule has 0 saturated heterocycles. The summed E-state index contributed by atoms with van der Waals surface area (Å²) < 4.78 is 10.7. The predicted molar refractivity (Wildman–Crippen MR) is 76.3 cm³/mol. The van der Waals surface area contributed by atoms with E-state index in [1.54, 1.807) is 6.92 Å². The lowest BCUT2D eigenvalue weighted by molar-refractivity contribution is -0.142. The highest BCUT2D eigenvalue weighted by Gasteiger charge is 2.18. The van der Waals surface area contributed by atoms with Crippen molar-refractivity contribution in [3.63, 3.8) is 0 Å². The number of carbonyl (C=O) groups is 1. The second kappa shape index (κ2) is 6.89. The molecule has 0 amide bonds. The number of benzene rings is 1. The first-order valence-corrected chi connectivity index (χ1v) is 6.94. The first-order valence-electron chi connectivity index (χ1n) is 6.94. The van der Waals surface area contributed by atoms with E-state index in [0.29, 0.717) is 18.3 Å². The Morgan fingerprint density at radius 3 is 2.65 bits per heavy atom. The maximum absolute atomic E-state index is 11.7. The molecule has 2 rings (SSSR count). The monoisotopic (exact) mass is 273 g/mol. The van der Waals surface area contributed by atoms with Crippen molar-refractivity contribution >= 4 is 5.97 Å². The molecular formula is C16H19NO3. The Balaban J connectivity index is 2.31. The van der Waals surface area contributed by atoms with Crippen LogP contribution in [0.2, 0.25) is 0 Å². The molecule has 0 N–H and O–H groups in total. The molecular weight excluding hydrogens is 254 g/mol. The zero-order valence-electron chi connectivity index (χ0n) is 11.9. The van der Waals surface area contributed by atoms with Crippen molar-refractivity contribution in [2.24, 2.45) is 0 Å². The van der Waals surface area contributed by atoms with Crippen molar-refractivity contribution in [2.75, 3.05) is 6.61 Å². The van der Waals surface area contributed by atoms with Crippen LogP contribution in [0, 0.1) is 0 Å². The molecule has 4 heteroatoms. The lowest BCUT2D eigenvalue weighted by Crippen LogP contribution is -2.07. The molecule has 20 heavy (non-hydrogen) atoms. The molecule has 0 fully saturated rings. The van der Waals surface area contributed by atoms with Gasteiger partial charge in [0.2, 0.25) is 0 Å². The average Bonchev–Trinajstić information content (AvgIpc) is 2.83. The molecule has 4 nitrogen and oxygen atoms in total. The number of rotatable bonds is 6. The summed E-state index contributed by atoms with van der Waals surface area (Å²) in [6, 6.07) is 9.75. The summed E-state index contributed by atoms with van der Waals surface area (Å²) in [5.41, 5.74) is 1.69. The normalized spacial score (nSPS) is 10.5. The molecule has 0 aliphatic rings. The van der Waals surface area contributed by atoms with E-state index in [0.717, 1.165) is 24.1 Å². The lowest BCUT2D eigenvalue weighted by Gasteiger charge is -2.01. The summed E-state index contributed by atoms with van der Waals surface area (Å²) in [5, 5.41) is 0. The second-order valence-electron chi connectivity index (χ2n) is 4.48. The summed E-state index contributed by atoms with van der Waals surface area (Å²) in [4.78, 5) is 16.2. The number of ether oxygens (including phenoxy) is 1. The van der Waals surface area contributed by atoms with E-state index in [1.165, 1.54) is 0 Å². The van der Waals surface area contributed by atoms with Crippen molar-refractivity contribution in [3.05, 3.63) is 42.0 Å². The van der Waals surface area contributed by atoms with E-state index >= 15 is 0 Å². The van der Waals surface area contributed by atoms with E-state index < -0.39 is 0 Å². The Morgan fingerprint density at radius 2 is 2.00 bits per heavy atom. The van der Waals surface area contributed by atoms with Gasteiger partial charge in [0.15, 0.2) is 5.89 Å². The highest BCUT2D eigenvalue weighted by atomic mass is 16.5. The molecule has 1 heterocycles. The number of hydrogen-bond donors (Lipinski definition) is 0. The predicted octanol–water partition coefficient (Wildman–Crippen LogP) is 3.40. The lowest BCUT2D eigenvalue weighted by atomic mass is 10.1. The Kier molecular flexibility index (Phi) is 4.93. The maximum atomic E-state index is 11.7. The van der Waals surface area contributed by atoms with Gasteiger partial charge in [-0.2, -0.15) is 0 Å². The van der Waals surface area contributed by atoms with E-state index in [-0.39, 0.29) is 12.4 Å². The molecule has 0 unspecified atom stereocenters. The SMILES string of the molecule is CCCc1nc(-c2ccccc2)c(CC(=O)OCC)o1. The fourth-order valence-electron chi connectivity index (χ4n) is 2.01. The molecule has 0 saturated carbocycles. The third-order valence-corrected chi connectivity index (χ3v) is 2.86. The molecule has 0 aliphatic carbocycles. The molecule has 0 aliphatic heterocycles. The third kappa shape index (κ3) is 3.47. The minimum absolute atomic E-state index is 0.120. The van der Waals surface area contributed by atoms with Crippen molar-refractivity contribution in [1.29, 1.82) is 0 Å².